The molecule has 0 saturated heterocycles. The quantitative estimate of drug-likeness (QED) is 0.463. The molecule has 0 aliphatic heterocycles. The molecule has 0 saturated carbocycles. The van der Waals surface area contributed by atoms with E-state index in [0.717, 1.165) is 5.33 Å². The molecule has 0 atom stereocenters. The van der Waals surface area contributed by atoms with Gasteiger partial charge in [-0.05, 0) is 33.1 Å². The third-order valence-electron chi connectivity index (χ3n) is 2.10. The minimum atomic E-state index is 0.983. The predicted molar refractivity (Wildman–Crippen MR) is 65.5 cm³/mol. The molecule has 0 aliphatic carbocycles. The van der Waals surface area contributed by atoms with Crippen molar-refractivity contribution in [2.75, 3.05) is 5.33 Å². The van der Waals surface area contributed by atoms with Crippen LogP contribution in [0.25, 0.3) is 0 Å². The molecule has 0 spiro atoms. The first kappa shape index (κ1) is 13.0. The molecule has 1 heteroatoms. The number of hydrogen-bond donors (Lipinski definition) is 0. The van der Waals surface area contributed by atoms with Gasteiger partial charge in [0.2, 0.25) is 0 Å². The summed E-state index contributed by atoms with van der Waals surface area (Å²) in [6.45, 7) is 6.66. The Morgan fingerprint density at radius 3 is 2.23 bits per heavy atom. The minimum Gasteiger partial charge on any atom is -0.0883 e. The molecule has 0 radical (unpaired) electrons. The summed E-state index contributed by atoms with van der Waals surface area (Å²) in [7, 11) is 0. The maximum Gasteiger partial charge on any atom is 0.0214 e. The Bertz CT molecular complexity index is 178. The van der Waals surface area contributed by atoms with Gasteiger partial charge in [0.05, 0.1) is 0 Å². The molecule has 0 fully saturated rings. The smallest absolute Gasteiger partial charge is 0.0214 e. The van der Waals surface area contributed by atoms with Crippen LogP contribution in [0.2, 0.25) is 0 Å². The number of rotatable bonds is 6. The Kier molecular flexibility index (Phi) is 8.53. The average Bonchev–Trinajstić information content (AvgIpc) is 2.05. The Labute approximate surface area is 91.2 Å². The van der Waals surface area contributed by atoms with E-state index in [1.165, 1.54) is 36.8 Å². The average molecular weight is 245 g/mol. The van der Waals surface area contributed by atoms with E-state index < -0.39 is 0 Å². The highest BCUT2D eigenvalue weighted by atomic mass is 79.9. The summed E-state index contributed by atoms with van der Waals surface area (Å²) in [5, 5.41) is 0.983. The molecule has 0 rings (SSSR count). The van der Waals surface area contributed by atoms with Crippen LogP contribution in [0, 0.1) is 0 Å². The van der Waals surface area contributed by atoms with Crippen LogP contribution in [-0.4, -0.2) is 5.33 Å². The van der Waals surface area contributed by atoms with Gasteiger partial charge in [-0.25, -0.2) is 0 Å². The highest BCUT2D eigenvalue weighted by molar-refractivity contribution is 9.09. The summed E-state index contributed by atoms with van der Waals surface area (Å²) in [5.74, 6) is 0. The van der Waals surface area contributed by atoms with E-state index in [-0.39, 0.29) is 0 Å². The zero-order valence-corrected chi connectivity index (χ0v) is 10.7. The first-order valence-corrected chi connectivity index (χ1v) is 6.20. The van der Waals surface area contributed by atoms with Gasteiger partial charge in [-0.2, -0.15) is 0 Å². The van der Waals surface area contributed by atoms with E-state index in [1.54, 1.807) is 0 Å². The molecule has 13 heavy (non-hydrogen) atoms. The van der Waals surface area contributed by atoms with Crippen molar-refractivity contribution in [3.63, 3.8) is 0 Å². The summed E-state index contributed by atoms with van der Waals surface area (Å²) in [6, 6.07) is 0. The third kappa shape index (κ3) is 8.29. The van der Waals surface area contributed by atoms with Crippen LogP contribution in [-0.2, 0) is 0 Å². The van der Waals surface area contributed by atoms with E-state index in [2.05, 4.69) is 48.9 Å². The van der Waals surface area contributed by atoms with Crippen LogP contribution in [0.5, 0.6) is 0 Å². The molecule has 0 nitrogen and oxygen atoms in total. The second-order valence-corrected chi connectivity index (χ2v) is 4.19. The minimum absolute atomic E-state index is 0.983. The van der Waals surface area contributed by atoms with Crippen molar-refractivity contribution in [3.8, 4) is 0 Å². The van der Waals surface area contributed by atoms with Crippen LogP contribution in [0.4, 0.5) is 0 Å². The summed E-state index contributed by atoms with van der Waals surface area (Å²) in [6.07, 6.45) is 9.52. The van der Waals surface area contributed by atoms with Crippen LogP contribution < -0.4 is 0 Å². The van der Waals surface area contributed by atoms with Crippen molar-refractivity contribution in [3.05, 3.63) is 23.3 Å². The Morgan fingerprint density at radius 2 is 1.69 bits per heavy atom. The molecule has 0 aliphatic rings. The zero-order valence-electron chi connectivity index (χ0n) is 9.07. The lowest BCUT2D eigenvalue weighted by atomic mass is 10.1. The normalized spacial score (nSPS) is 13.5. The van der Waals surface area contributed by atoms with Crippen molar-refractivity contribution >= 4 is 15.9 Å². The molecular formula is C12H21Br. The van der Waals surface area contributed by atoms with Crippen LogP contribution in [0.15, 0.2) is 23.3 Å². The van der Waals surface area contributed by atoms with E-state index in [0.29, 0.717) is 0 Å². The zero-order chi connectivity index (χ0) is 10.1. The van der Waals surface area contributed by atoms with Crippen molar-refractivity contribution < 1.29 is 0 Å². The first-order chi connectivity index (χ1) is 6.20. The van der Waals surface area contributed by atoms with Gasteiger partial charge in [-0.1, -0.05) is 52.6 Å². The number of halogens is 1. The summed E-state index contributed by atoms with van der Waals surface area (Å²) >= 11 is 3.40. The maximum absolute atomic E-state index is 3.40. The number of hydrogen-bond acceptors (Lipinski definition) is 0. The molecule has 0 aromatic heterocycles. The van der Waals surface area contributed by atoms with Gasteiger partial charge >= 0.3 is 0 Å². The molecule has 0 aromatic rings. The standard InChI is InChI=1S/C12H21Br/c1-4-6-11(2)7-5-8-12(3)9-10-13/h7,9H,4-6,8,10H2,1-3H3. The molecule has 0 aromatic carbocycles. The van der Waals surface area contributed by atoms with Crippen LogP contribution >= 0.6 is 15.9 Å². The Hall–Kier alpha value is -0.0400. The molecule has 0 unspecified atom stereocenters. The molecule has 0 bridgehead atoms. The van der Waals surface area contributed by atoms with Crippen molar-refractivity contribution in [2.24, 2.45) is 0 Å². The van der Waals surface area contributed by atoms with E-state index in [4.69, 9.17) is 0 Å². The highest BCUT2D eigenvalue weighted by Crippen LogP contribution is 2.09. The summed E-state index contributed by atoms with van der Waals surface area (Å²) < 4.78 is 0. The monoisotopic (exact) mass is 244 g/mol. The topological polar surface area (TPSA) is 0 Å². The van der Waals surface area contributed by atoms with Gasteiger partial charge in [0.15, 0.2) is 0 Å². The highest BCUT2D eigenvalue weighted by Gasteiger charge is 1.89. The van der Waals surface area contributed by atoms with Crippen LogP contribution in [0.1, 0.15) is 46.5 Å². The van der Waals surface area contributed by atoms with Gasteiger partial charge in [0.25, 0.3) is 0 Å². The predicted octanol–water partition coefficient (Wildman–Crippen LogP) is 4.85. The first-order valence-electron chi connectivity index (χ1n) is 5.08. The lowest BCUT2D eigenvalue weighted by Gasteiger charge is -1.99. The van der Waals surface area contributed by atoms with Gasteiger partial charge < -0.3 is 0 Å². The van der Waals surface area contributed by atoms with E-state index in [1.807, 2.05) is 0 Å². The van der Waals surface area contributed by atoms with Gasteiger partial charge in [0.1, 0.15) is 0 Å². The lowest BCUT2D eigenvalue weighted by molar-refractivity contribution is 0.881. The molecule has 0 N–H and O–H groups in total. The fraction of sp³-hybridized carbons (Fsp3) is 0.667. The van der Waals surface area contributed by atoms with Gasteiger partial charge in [-0.3, -0.25) is 0 Å². The second-order valence-electron chi connectivity index (χ2n) is 3.54. The number of alkyl halides is 1. The molecular weight excluding hydrogens is 224 g/mol. The molecule has 0 heterocycles. The fourth-order valence-corrected chi connectivity index (χ4v) is 1.83. The molecule has 0 amide bonds. The molecule has 76 valence electrons. The van der Waals surface area contributed by atoms with Crippen molar-refractivity contribution in [1.82, 2.24) is 0 Å². The SMILES string of the molecule is CCCC(C)=CCCC(C)=CCBr. The van der Waals surface area contributed by atoms with E-state index >= 15 is 0 Å². The fourth-order valence-electron chi connectivity index (χ4n) is 1.28. The second kappa shape index (κ2) is 8.55. The van der Waals surface area contributed by atoms with E-state index in [9.17, 15) is 0 Å². The summed E-state index contributed by atoms with van der Waals surface area (Å²) in [4.78, 5) is 0. The lowest BCUT2D eigenvalue weighted by Crippen LogP contribution is -1.79. The largest absolute Gasteiger partial charge is 0.0883 e. The Morgan fingerprint density at radius 1 is 1.08 bits per heavy atom. The van der Waals surface area contributed by atoms with Gasteiger partial charge in [0, 0.05) is 5.33 Å². The van der Waals surface area contributed by atoms with Gasteiger partial charge in [-0.15, -0.1) is 0 Å². The summed E-state index contributed by atoms with van der Waals surface area (Å²) in [5.41, 5.74) is 3.02. The number of allylic oxidation sites excluding steroid dienone is 4. The van der Waals surface area contributed by atoms with Crippen LogP contribution in [0.3, 0.4) is 0 Å². The van der Waals surface area contributed by atoms with Crippen molar-refractivity contribution in [2.45, 2.75) is 46.5 Å². The van der Waals surface area contributed by atoms with Crippen molar-refractivity contribution in [1.29, 1.82) is 0 Å². The maximum atomic E-state index is 3.40. The third-order valence-corrected chi connectivity index (χ3v) is 2.43. The Balaban J connectivity index is 3.65.